The molecule has 2 heterocycles. The molecule has 0 amide bonds. The number of ether oxygens (including phenoxy) is 1. The summed E-state index contributed by atoms with van der Waals surface area (Å²) in [5, 5.41) is 4.04. The van der Waals surface area contributed by atoms with E-state index >= 15 is 0 Å². The zero-order valence-electron chi connectivity index (χ0n) is 8.74. The molecule has 0 aliphatic carbocycles. The van der Waals surface area contributed by atoms with Crippen molar-refractivity contribution in [2.45, 2.75) is 31.9 Å². The van der Waals surface area contributed by atoms with Crippen LogP contribution < -0.4 is 10.1 Å². The monoisotopic (exact) mass is 226 g/mol. The fraction of sp³-hybridized carbons (Fsp3) is 0.545. The lowest BCUT2D eigenvalue weighted by Gasteiger charge is -2.20. The van der Waals surface area contributed by atoms with E-state index in [-0.39, 0.29) is 6.10 Å². The molecule has 2 atom stereocenters. The molecule has 1 aliphatic rings. The Kier molecular flexibility index (Phi) is 3.44. The van der Waals surface area contributed by atoms with Crippen LogP contribution in [0.3, 0.4) is 0 Å². The number of rotatable bonds is 3. The van der Waals surface area contributed by atoms with Gasteiger partial charge >= 0.3 is 0 Å². The summed E-state index contributed by atoms with van der Waals surface area (Å²) in [6, 6.07) is 4.04. The minimum absolute atomic E-state index is 0.154. The number of hydrogen-bond donors (Lipinski definition) is 1. The van der Waals surface area contributed by atoms with E-state index in [1.807, 2.05) is 0 Å². The summed E-state index contributed by atoms with van der Waals surface area (Å²) < 4.78 is 5.72. The molecule has 1 saturated heterocycles. The van der Waals surface area contributed by atoms with Crippen LogP contribution in [-0.2, 0) is 0 Å². The molecule has 4 heteroatoms. The highest BCUT2D eigenvalue weighted by atomic mass is 35.5. The molecule has 2 rings (SSSR count). The lowest BCUT2D eigenvalue weighted by Crippen LogP contribution is -2.36. The second kappa shape index (κ2) is 4.81. The van der Waals surface area contributed by atoms with Crippen molar-refractivity contribution >= 4 is 11.6 Å². The van der Waals surface area contributed by atoms with Crippen molar-refractivity contribution in [2.24, 2.45) is 0 Å². The summed E-state index contributed by atoms with van der Waals surface area (Å²) in [5.74, 6) is 0.639. The molecule has 0 radical (unpaired) electrons. The number of pyridine rings is 1. The van der Waals surface area contributed by atoms with Gasteiger partial charge in [0, 0.05) is 18.3 Å². The molecule has 1 aliphatic heterocycles. The van der Waals surface area contributed by atoms with E-state index in [4.69, 9.17) is 16.3 Å². The minimum Gasteiger partial charge on any atom is -0.473 e. The Bertz CT molecular complexity index is 309. The lowest BCUT2D eigenvalue weighted by atomic mass is 10.1. The van der Waals surface area contributed by atoms with Gasteiger partial charge in [-0.2, -0.15) is 0 Å². The van der Waals surface area contributed by atoms with Crippen molar-refractivity contribution in [1.29, 1.82) is 0 Å². The van der Waals surface area contributed by atoms with E-state index < -0.39 is 0 Å². The molecular formula is C11H15ClN2O. The Morgan fingerprint density at radius 3 is 3.07 bits per heavy atom. The number of nitrogens with one attached hydrogen (secondary N) is 1. The first kappa shape index (κ1) is 10.7. The van der Waals surface area contributed by atoms with Gasteiger partial charge in [-0.3, -0.25) is 0 Å². The predicted octanol–water partition coefficient (Wildman–Crippen LogP) is 2.25. The second-order valence-electron chi connectivity index (χ2n) is 3.84. The van der Waals surface area contributed by atoms with Crippen LogP contribution in [0.25, 0.3) is 0 Å². The number of halogens is 1. The van der Waals surface area contributed by atoms with Gasteiger partial charge in [0.1, 0.15) is 6.10 Å². The largest absolute Gasteiger partial charge is 0.473 e. The Labute approximate surface area is 94.8 Å². The summed E-state index contributed by atoms with van der Waals surface area (Å²) in [6.45, 7) is 3.16. The predicted molar refractivity (Wildman–Crippen MR) is 60.4 cm³/mol. The molecule has 0 aromatic carbocycles. The van der Waals surface area contributed by atoms with E-state index in [9.17, 15) is 0 Å². The van der Waals surface area contributed by atoms with Gasteiger partial charge in [0.05, 0.1) is 5.02 Å². The molecule has 0 spiro atoms. The number of aromatic nitrogens is 1. The van der Waals surface area contributed by atoms with Crippen molar-refractivity contribution in [2.75, 3.05) is 6.54 Å². The van der Waals surface area contributed by atoms with E-state index in [0.29, 0.717) is 16.9 Å². The fourth-order valence-corrected chi connectivity index (χ4v) is 1.93. The SMILES string of the molecule is CC(Oc1ccc(Cl)cn1)[C@H]1CCCN1. The first-order chi connectivity index (χ1) is 7.25. The van der Waals surface area contributed by atoms with Crippen LogP contribution in [0.2, 0.25) is 5.02 Å². The van der Waals surface area contributed by atoms with Crippen LogP contribution in [0.1, 0.15) is 19.8 Å². The molecule has 1 aromatic rings. The van der Waals surface area contributed by atoms with Crippen molar-refractivity contribution in [3.05, 3.63) is 23.4 Å². The third kappa shape index (κ3) is 2.83. The normalized spacial score (nSPS) is 22.7. The molecule has 0 saturated carbocycles. The highest BCUT2D eigenvalue weighted by Gasteiger charge is 2.22. The van der Waals surface area contributed by atoms with E-state index in [1.54, 1.807) is 18.3 Å². The summed E-state index contributed by atoms with van der Waals surface area (Å²) in [5.41, 5.74) is 0. The van der Waals surface area contributed by atoms with Crippen LogP contribution in [0.4, 0.5) is 0 Å². The van der Waals surface area contributed by atoms with Crippen LogP contribution in [0.5, 0.6) is 5.88 Å². The molecule has 1 unspecified atom stereocenters. The molecule has 1 N–H and O–H groups in total. The second-order valence-corrected chi connectivity index (χ2v) is 4.28. The Morgan fingerprint density at radius 1 is 1.60 bits per heavy atom. The number of hydrogen-bond acceptors (Lipinski definition) is 3. The van der Waals surface area contributed by atoms with E-state index in [1.165, 1.54) is 12.8 Å². The average Bonchev–Trinajstić information content (AvgIpc) is 2.74. The maximum absolute atomic E-state index is 5.74. The molecule has 1 aromatic heterocycles. The molecular weight excluding hydrogens is 212 g/mol. The highest BCUT2D eigenvalue weighted by Crippen LogP contribution is 2.16. The minimum atomic E-state index is 0.154. The summed E-state index contributed by atoms with van der Waals surface area (Å²) >= 11 is 5.74. The van der Waals surface area contributed by atoms with Crippen molar-refractivity contribution < 1.29 is 4.74 Å². The van der Waals surface area contributed by atoms with E-state index in [2.05, 4.69) is 17.2 Å². The van der Waals surface area contributed by atoms with Gasteiger partial charge in [-0.1, -0.05) is 11.6 Å². The topological polar surface area (TPSA) is 34.1 Å². The highest BCUT2D eigenvalue weighted by molar-refractivity contribution is 6.30. The van der Waals surface area contributed by atoms with Gasteiger partial charge in [-0.15, -0.1) is 0 Å². The third-order valence-electron chi connectivity index (χ3n) is 2.67. The van der Waals surface area contributed by atoms with Crippen molar-refractivity contribution in [1.82, 2.24) is 10.3 Å². The van der Waals surface area contributed by atoms with Crippen molar-refractivity contribution in [3.8, 4) is 5.88 Å². The van der Waals surface area contributed by atoms with E-state index in [0.717, 1.165) is 6.54 Å². The first-order valence-corrected chi connectivity index (χ1v) is 5.65. The molecule has 82 valence electrons. The standard InChI is InChI=1S/C11H15ClN2O/c1-8(10-3-2-6-13-10)15-11-5-4-9(12)7-14-11/h4-5,7-8,10,13H,2-3,6H2,1H3/t8?,10-/m1/s1. The van der Waals surface area contributed by atoms with Gasteiger partial charge in [-0.05, 0) is 32.4 Å². The summed E-state index contributed by atoms with van der Waals surface area (Å²) in [7, 11) is 0. The van der Waals surface area contributed by atoms with Gasteiger partial charge < -0.3 is 10.1 Å². The smallest absolute Gasteiger partial charge is 0.213 e. The Morgan fingerprint density at radius 2 is 2.47 bits per heavy atom. The first-order valence-electron chi connectivity index (χ1n) is 5.27. The zero-order valence-corrected chi connectivity index (χ0v) is 9.50. The Hall–Kier alpha value is -0.800. The maximum atomic E-state index is 5.74. The van der Waals surface area contributed by atoms with Gasteiger partial charge in [0.25, 0.3) is 0 Å². The Balaban J connectivity index is 1.92. The summed E-state index contributed by atoms with van der Waals surface area (Å²) in [4.78, 5) is 4.11. The van der Waals surface area contributed by atoms with Crippen LogP contribution in [-0.4, -0.2) is 23.7 Å². The quantitative estimate of drug-likeness (QED) is 0.859. The van der Waals surface area contributed by atoms with Crippen molar-refractivity contribution in [3.63, 3.8) is 0 Å². The lowest BCUT2D eigenvalue weighted by molar-refractivity contribution is 0.173. The summed E-state index contributed by atoms with van der Waals surface area (Å²) in [6.07, 6.45) is 4.16. The zero-order chi connectivity index (χ0) is 10.7. The molecule has 1 fully saturated rings. The van der Waals surface area contributed by atoms with Gasteiger partial charge in [-0.25, -0.2) is 4.98 Å². The van der Waals surface area contributed by atoms with Crippen LogP contribution in [0.15, 0.2) is 18.3 Å². The van der Waals surface area contributed by atoms with Crippen LogP contribution >= 0.6 is 11.6 Å². The number of nitrogens with zero attached hydrogens (tertiary/aromatic N) is 1. The van der Waals surface area contributed by atoms with Gasteiger partial charge in [0.15, 0.2) is 0 Å². The average molecular weight is 227 g/mol. The third-order valence-corrected chi connectivity index (χ3v) is 2.90. The maximum Gasteiger partial charge on any atom is 0.213 e. The van der Waals surface area contributed by atoms with Gasteiger partial charge in [0.2, 0.25) is 5.88 Å². The van der Waals surface area contributed by atoms with Crippen LogP contribution in [0, 0.1) is 0 Å². The fourth-order valence-electron chi connectivity index (χ4n) is 1.82. The molecule has 3 nitrogen and oxygen atoms in total. The molecule has 15 heavy (non-hydrogen) atoms. The molecule has 0 bridgehead atoms.